The second-order valence-corrected chi connectivity index (χ2v) is 13.0. The molecule has 0 radical (unpaired) electrons. The van der Waals surface area contributed by atoms with Crippen molar-refractivity contribution in [1.29, 1.82) is 0 Å². The van der Waals surface area contributed by atoms with E-state index in [-0.39, 0.29) is 11.6 Å². The molecule has 1 aromatic heterocycles. The number of nitrogen functional groups attached to an aromatic ring is 1. The van der Waals surface area contributed by atoms with Crippen molar-refractivity contribution in [2.45, 2.75) is 68.1 Å². The SMILES string of the molecule is COCCOCCSC[C@@H](O)[C@@H](O)C1O[C@](OP(=O)(O)OCC2OC(n3ccc(N)nc3=O)[C@H](O)[C@@H]2O)(C(=O)O)C[C@H](O)[C@H]1C. The molecular formula is C24H40N3O16PS. The Morgan fingerprint density at radius 1 is 1.27 bits per heavy atom. The van der Waals surface area contributed by atoms with Crippen LogP contribution in [0, 0.1) is 5.92 Å². The van der Waals surface area contributed by atoms with Gasteiger partial charge in [0.1, 0.15) is 30.2 Å². The largest absolute Gasteiger partial charge is 0.477 e. The van der Waals surface area contributed by atoms with E-state index in [0.29, 0.717) is 25.6 Å². The number of nitrogens with two attached hydrogens (primary N) is 1. The number of thioether (sulfide) groups is 1. The van der Waals surface area contributed by atoms with Crippen LogP contribution in [0.15, 0.2) is 17.1 Å². The molecule has 11 atom stereocenters. The van der Waals surface area contributed by atoms with Crippen LogP contribution >= 0.6 is 19.6 Å². The van der Waals surface area contributed by atoms with Crippen LogP contribution in [-0.2, 0) is 37.4 Å². The molecule has 0 saturated carbocycles. The number of aromatic nitrogens is 2. The number of phosphoric acid groups is 1. The van der Waals surface area contributed by atoms with Gasteiger partial charge in [0, 0.05) is 37.2 Å². The second-order valence-electron chi connectivity index (χ2n) is 10.5. The van der Waals surface area contributed by atoms with E-state index in [4.69, 9.17) is 33.7 Å². The van der Waals surface area contributed by atoms with Gasteiger partial charge in [-0.3, -0.25) is 9.09 Å². The van der Waals surface area contributed by atoms with Gasteiger partial charge in [-0.2, -0.15) is 16.7 Å². The number of rotatable bonds is 17. The Kier molecular flexibility index (Phi) is 13.7. The van der Waals surface area contributed by atoms with Gasteiger partial charge in [-0.05, 0) is 6.07 Å². The maximum atomic E-state index is 12.9. The molecule has 1 aromatic rings. The first-order valence-electron chi connectivity index (χ1n) is 13.8. The Morgan fingerprint density at radius 3 is 2.62 bits per heavy atom. The van der Waals surface area contributed by atoms with Gasteiger partial charge in [0.2, 0.25) is 0 Å². The van der Waals surface area contributed by atoms with Gasteiger partial charge in [0.15, 0.2) is 6.23 Å². The molecule has 2 fully saturated rings. The van der Waals surface area contributed by atoms with Crippen LogP contribution in [0.5, 0.6) is 0 Å². The maximum Gasteiger partial charge on any atom is 0.475 e. The first kappa shape index (κ1) is 37.7. The van der Waals surface area contributed by atoms with Crippen LogP contribution in [0.3, 0.4) is 0 Å². The minimum atomic E-state index is -5.41. The number of aliphatic hydroxyl groups excluding tert-OH is 5. The number of carbonyl (C=O) groups is 1. The van der Waals surface area contributed by atoms with E-state index in [0.717, 1.165) is 10.8 Å². The maximum absolute atomic E-state index is 12.9. The molecule has 0 spiro atoms. The lowest BCUT2D eigenvalue weighted by Gasteiger charge is -2.45. The molecule has 2 aliphatic heterocycles. The van der Waals surface area contributed by atoms with Crippen LogP contribution in [0.4, 0.5) is 5.82 Å². The third-order valence-electron chi connectivity index (χ3n) is 7.21. The van der Waals surface area contributed by atoms with Crippen LogP contribution < -0.4 is 11.4 Å². The van der Waals surface area contributed by atoms with E-state index in [9.17, 15) is 49.7 Å². The van der Waals surface area contributed by atoms with Crippen molar-refractivity contribution in [2.24, 2.45) is 5.92 Å². The predicted octanol–water partition coefficient (Wildman–Crippen LogP) is -2.74. The number of phosphoric ester groups is 1. The Bertz CT molecular complexity index is 1230. The lowest BCUT2D eigenvalue weighted by Crippen LogP contribution is -2.60. The summed E-state index contributed by atoms with van der Waals surface area (Å²) in [5, 5.41) is 62.7. The van der Waals surface area contributed by atoms with Crippen molar-refractivity contribution in [1.82, 2.24) is 9.55 Å². The molecule has 258 valence electrons. The lowest BCUT2D eigenvalue weighted by atomic mass is 9.85. The van der Waals surface area contributed by atoms with Crippen molar-refractivity contribution >= 4 is 31.4 Å². The van der Waals surface area contributed by atoms with Crippen molar-refractivity contribution in [2.75, 3.05) is 50.8 Å². The number of carboxylic acid groups (broad SMARTS) is 1. The van der Waals surface area contributed by atoms with Crippen molar-refractivity contribution in [3.8, 4) is 0 Å². The lowest BCUT2D eigenvalue weighted by molar-refractivity contribution is -0.294. The molecule has 0 aliphatic carbocycles. The quantitative estimate of drug-likeness (QED) is 0.0608. The van der Waals surface area contributed by atoms with E-state index < -0.39 is 93.2 Å². The number of carboxylic acids is 1. The number of aliphatic carboxylic acids is 1. The van der Waals surface area contributed by atoms with Gasteiger partial charge >= 0.3 is 19.5 Å². The van der Waals surface area contributed by atoms with Gasteiger partial charge in [0.05, 0.1) is 44.7 Å². The third-order valence-corrected chi connectivity index (χ3v) is 9.24. The molecule has 45 heavy (non-hydrogen) atoms. The van der Waals surface area contributed by atoms with E-state index >= 15 is 0 Å². The minimum absolute atomic E-state index is 0.0187. The molecular weight excluding hydrogens is 649 g/mol. The summed E-state index contributed by atoms with van der Waals surface area (Å²) in [6.45, 7) is 1.61. The fraction of sp³-hybridized carbons (Fsp3) is 0.792. The molecule has 2 aliphatic rings. The zero-order valence-corrected chi connectivity index (χ0v) is 26.1. The molecule has 0 aromatic carbocycles. The monoisotopic (exact) mass is 689 g/mol. The zero-order valence-electron chi connectivity index (χ0n) is 24.4. The molecule has 19 nitrogen and oxygen atoms in total. The van der Waals surface area contributed by atoms with Crippen LogP contribution in [0.2, 0.25) is 0 Å². The number of anilines is 1. The topological polar surface area (TPSA) is 292 Å². The summed E-state index contributed by atoms with van der Waals surface area (Å²) in [5.41, 5.74) is 4.53. The second kappa shape index (κ2) is 16.4. The van der Waals surface area contributed by atoms with Gasteiger partial charge in [0.25, 0.3) is 5.79 Å². The summed E-state index contributed by atoms with van der Waals surface area (Å²) in [6, 6.07) is 1.23. The minimum Gasteiger partial charge on any atom is -0.477 e. The fourth-order valence-corrected chi connectivity index (χ4v) is 6.45. The predicted molar refractivity (Wildman–Crippen MR) is 153 cm³/mol. The number of aliphatic hydroxyl groups is 5. The Labute approximate surface area is 261 Å². The summed E-state index contributed by atoms with van der Waals surface area (Å²) in [5.74, 6) is -5.57. The summed E-state index contributed by atoms with van der Waals surface area (Å²) < 4.78 is 44.6. The third kappa shape index (κ3) is 9.64. The smallest absolute Gasteiger partial charge is 0.475 e. The van der Waals surface area contributed by atoms with Gasteiger partial charge in [-0.1, -0.05) is 6.92 Å². The van der Waals surface area contributed by atoms with Crippen molar-refractivity contribution < 1.29 is 72.9 Å². The van der Waals surface area contributed by atoms with Crippen LogP contribution in [0.25, 0.3) is 0 Å². The molecule has 4 unspecified atom stereocenters. The fourth-order valence-electron chi connectivity index (χ4n) is 4.65. The summed E-state index contributed by atoms with van der Waals surface area (Å²) >= 11 is 1.22. The number of hydrogen-bond donors (Lipinski definition) is 8. The van der Waals surface area contributed by atoms with E-state index in [1.807, 2.05) is 0 Å². The molecule has 3 rings (SSSR count). The van der Waals surface area contributed by atoms with Crippen molar-refractivity contribution in [3.05, 3.63) is 22.7 Å². The van der Waals surface area contributed by atoms with E-state index in [2.05, 4.69) is 4.98 Å². The number of ether oxygens (including phenoxy) is 4. The van der Waals surface area contributed by atoms with Gasteiger partial charge in [-0.25, -0.2) is 18.7 Å². The number of nitrogens with zero attached hydrogens (tertiary/aromatic N) is 2. The summed E-state index contributed by atoms with van der Waals surface area (Å²) in [6.07, 6.45) is -12.5. The average molecular weight is 690 g/mol. The van der Waals surface area contributed by atoms with Crippen LogP contribution in [0.1, 0.15) is 19.6 Å². The molecule has 9 N–H and O–H groups in total. The van der Waals surface area contributed by atoms with Crippen LogP contribution in [-0.4, -0.2) is 145 Å². The van der Waals surface area contributed by atoms with Crippen molar-refractivity contribution in [3.63, 3.8) is 0 Å². The molecule has 3 heterocycles. The molecule has 21 heteroatoms. The molecule has 0 amide bonds. The molecule has 2 saturated heterocycles. The number of hydrogen-bond acceptors (Lipinski definition) is 17. The van der Waals surface area contributed by atoms with Gasteiger partial charge in [-0.15, -0.1) is 0 Å². The first-order valence-corrected chi connectivity index (χ1v) is 16.4. The molecule has 0 bridgehead atoms. The van der Waals surface area contributed by atoms with E-state index in [1.54, 1.807) is 0 Å². The zero-order chi connectivity index (χ0) is 33.5. The highest BCUT2D eigenvalue weighted by atomic mass is 32.2. The highest BCUT2D eigenvalue weighted by Crippen LogP contribution is 2.52. The summed E-state index contributed by atoms with van der Waals surface area (Å²) in [4.78, 5) is 38.4. The summed E-state index contributed by atoms with van der Waals surface area (Å²) in [7, 11) is -3.88. The highest BCUT2D eigenvalue weighted by molar-refractivity contribution is 7.99. The standard InChI is InChI=1S/C24H40N3O16PS/c1-12-13(28)9-24(22(33)34,42-20(12)17(30)14(29)11-45-8-7-39-6-5-38-2)43-44(36,37)40-10-15-18(31)19(32)21(41-15)27-4-3-16(25)26-23(27)35/h3-4,12-15,17-21,28-32H,5-11H2,1-2H3,(H,33,34)(H,36,37)(H2,25,26,35)/t12-,13+,14-,15?,17-,18-,19-,20?,21?,24-/m1/s1. The normalized spacial score (nSPS) is 33.0. The average Bonchev–Trinajstić information content (AvgIpc) is 3.25. The highest BCUT2D eigenvalue weighted by Gasteiger charge is 2.57. The number of methoxy groups -OCH3 is 1. The van der Waals surface area contributed by atoms with Gasteiger partial charge < -0.3 is 60.2 Å². The Balaban J connectivity index is 1.64. The first-order chi connectivity index (χ1) is 21.1. The Morgan fingerprint density at radius 2 is 1.98 bits per heavy atom. The van der Waals surface area contributed by atoms with E-state index in [1.165, 1.54) is 31.9 Å². The Hall–Kier alpha value is -1.75.